The molecule has 2 aromatic carbocycles. The van der Waals surface area contributed by atoms with Crippen molar-refractivity contribution in [1.82, 2.24) is 0 Å². The molecular formula is C17H17NO3. The van der Waals surface area contributed by atoms with Gasteiger partial charge in [-0.05, 0) is 23.6 Å². The van der Waals surface area contributed by atoms with Crippen molar-refractivity contribution in [3.8, 4) is 5.75 Å². The van der Waals surface area contributed by atoms with Crippen LogP contribution < -0.4 is 10.1 Å². The summed E-state index contributed by atoms with van der Waals surface area (Å²) in [6, 6.07) is 15.7. The molecule has 1 amide bonds. The predicted octanol–water partition coefficient (Wildman–Crippen LogP) is 3.12. The van der Waals surface area contributed by atoms with Crippen LogP contribution in [-0.2, 0) is 22.6 Å². The molecule has 0 aromatic heterocycles. The van der Waals surface area contributed by atoms with E-state index >= 15 is 0 Å². The normalized spacial score (nSPS) is 13.4. The first-order valence-corrected chi connectivity index (χ1v) is 6.98. The summed E-state index contributed by atoms with van der Waals surface area (Å²) in [6.07, 6.45) is 1.33. The summed E-state index contributed by atoms with van der Waals surface area (Å²) in [5, 5.41) is 2.86. The van der Waals surface area contributed by atoms with Crippen LogP contribution >= 0.6 is 0 Å². The maximum Gasteiger partial charge on any atom is 0.224 e. The number of anilines is 1. The molecule has 0 fully saturated rings. The number of hydrogen-bond donors (Lipinski definition) is 1. The number of carbonyl (C=O) groups is 1. The molecule has 0 bridgehead atoms. The van der Waals surface area contributed by atoms with Crippen LogP contribution in [0.1, 0.15) is 17.5 Å². The molecule has 1 N–H and O–H groups in total. The summed E-state index contributed by atoms with van der Waals surface area (Å²) in [6.45, 7) is 0.699. The Balaban J connectivity index is 1.52. The first-order chi connectivity index (χ1) is 10.3. The molecule has 0 spiro atoms. The molecule has 1 aliphatic rings. The molecule has 4 nitrogen and oxygen atoms in total. The van der Waals surface area contributed by atoms with Crippen molar-refractivity contribution >= 4 is 11.6 Å². The fourth-order valence-corrected chi connectivity index (χ4v) is 2.28. The highest BCUT2D eigenvalue weighted by atomic mass is 16.7. The van der Waals surface area contributed by atoms with E-state index < -0.39 is 0 Å². The second-order valence-electron chi connectivity index (χ2n) is 4.96. The van der Waals surface area contributed by atoms with Gasteiger partial charge in [0.25, 0.3) is 0 Å². The number of fused-ring (bicyclic) bond motifs is 1. The van der Waals surface area contributed by atoms with Crippen molar-refractivity contribution in [2.75, 3.05) is 12.1 Å². The molecule has 0 saturated heterocycles. The molecule has 4 heteroatoms. The van der Waals surface area contributed by atoms with Gasteiger partial charge in [0.1, 0.15) is 5.75 Å². The van der Waals surface area contributed by atoms with Crippen LogP contribution in [0.4, 0.5) is 5.69 Å². The van der Waals surface area contributed by atoms with E-state index in [1.165, 1.54) is 0 Å². The van der Waals surface area contributed by atoms with Gasteiger partial charge in [0.15, 0.2) is 6.79 Å². The Morgan fingerprint density at radius 1 is 1.05 bits per heavy atom. The third-order valence-corrected chi connectivity index (χ3v) is 3.40. The molecule has 1 heterocycles. The monoisotopic (exact) mass is 283 g/mol. The van der Waals surface area contributed by atoms with Gasteiger partial charge in [-0.3, -0.25) is 4.79 Å². The molecule has 0 aliphatic carbocycles. The molecule has 3 rings (SSSR count). The lowest BCUT2D eigenvalue weighted by atomic mass is 10.0. The third kappa shape index (κ3) is 3.61. The lowest BCUT2D eigenvalue weighted by Crippen LogP contribution is -2.18. The summed E-state index contributed by atoms with van der Waals surface area (Å²) >= 11 is 0. The fraction of sp³-hybridized carbons (Fsp3) is 0.235. The zero-order valence-electron chi connectivity index (χ0n) is 11.7. The molecule has 0 radical (unpaired) electrons. The van der Waals surface area contributed by atoms with Gasteiger partial charge in [0.05, 0.1) is 6.61 Å². The summed E-state index contributed by atoms with van der Waals surface area (Å²) in [7, 11) is 0. The van der Waals surface area contributed by atoms with Crippen LogP contribution in [0, 0.1) is 0 Å². The Kier molecular flexibility index (Phi) is 4.17. The molecule has 0 atom stereocenters. The second kappa shape index (κ2) is 6.41. The summed E-state index contributed by atoms with van der Waals surface area (Å²) in [5.74, 6) is 0.754. The van der Waals surface area contributed by atoms with Gasteiger partial charge in [-0.15, -0.1) is 0 Å². The van der Waals surface area contributed by atoms with Gasteiger partial charge in [0, 0.05) is 18.2 Å². The van der Waals surface area contributed by atoms with Crippen molar-refractivity contribution in [2.24, 2.45) is 0 Å². The number of benzene rings is 2. The highest BCUT2D eigenvalue weighted by Gasteiger charge is 2.14. The molecule has 2 aromatic rings. The number of ether oxygens (including phenoxy) is 2. The second-order valence-corrected chi connectivity index (χ2v) is 4.96. The van der Waals surface area contributed by atoms with E-state index in [1.807, 2.05) is 48.5 Å². The van der Waals surface area contributed by atoms with Crippen LogP contribution in [0.15, 0.2) is 48.5 Å². The van der Waals surface area contributed by atoms with Gasteiger partial charge in [-0.2, -0.15) is 0 Å². The number of aryl methyl sites for hydroxylation is 1. The van der Waals surface area contributed by atoms with Crippen LogP contribution in [0.5, 0.6) is 5.75 Å². The van der Waals surface area contributed by atoms with Crippen LogP contribution in [0.3, 0.4) is 0 Å². The number of carbonyl (C=O) groups excluding carboxylic acids is 1. The summed E-state index contributed by atoms with van der Waals surface area (Å²) in [4.78, 5) is 11.4. The zero-order chi connectivity index (χ0) is 14.5. The number of nitrogens with one attached hydrogen (secondary N) is 1. The van der Waals surface area contributed by atoms with Crippen molar-refractivity contribution in [1.29, 1.82) is 0 Å². The minimum atomic E-state index is 0.0555. The average Bonchev–Trinajstić information content (AvgIpc) is 2.52. The van der Waals surface area contributed by atoms with E-state index in [1.54, 1.807) is 0 Å². The van der Waals surface area contributed by atoms with Crippen molar-refractivity contribution in [3.63, 3.8) is 0 Å². The molecule has 21 heavy (non-hydrogen) atoms. The smallest absolute Gasteiger partial charge is 0.224 e. The topological polar surface area (TPSA) is 47.6 Å². The predicted molar refractivity (Wildman–Crippen MR) is 80.1 cm³/mol. The van der Waals surface area contributed by atoms with E-state index in [0.29, 0.717) is 18.8 Å². The minimum Gasteiger partial charge on any atom is -0.467 e. The quantitative estimate of drug-likeness (QED) is 0.677. The number of amides is 1. The van der Waals surface area contributed by atoms with Gasteiger partial charge < -0.3 is 14.8 Å². The Morgan fingerprint density at radius 3 is 2.76 bits per heavy atom. The number of rotatable bonds is 5. The Bertz CT molecular complexity index is 625. The zero-order valence-corrected chi connectivity index (χ0v) is 11.7. The van der Waals surface area contributed by atoms with Gasteiger partial charge in [-0.1, -0.05) is 36.4 Å². The largest absolute Gasteiger partial charge is 0.467 e. The Morgan fingerprint density at radius 2 is 1.90 bits per heavy atom. The van der Waals surface area contributed by atoms with Crippen molar-refractivity contribution < 1.29 is 14.3 Å². The standard InChI is InChI=1S/C17H17NO3/c19-17-9-7-14-6-8-15(10-16(14)18-17)21-12-20-11-13-4-2-1-3-5-13/h1-6,8,10H,7,9,11-12H2,(H,18,19). The fourth-order valence-electron chi connectivity index (χ4n) is 2.28. The van der Waals surface area contributed by atoms with Crippen LogP contribution in [0.25, 0.3) is 0 Å². The molecular weight excluding hydrogens is 266 g/mol. The van der Waals surface area contributed by atoms with Gasteiger partial charge in [0.2, 0.25) is 5.91 Å². The molecule has 0 saturated carbocycles. The van der Waals surface area contributed by atoms with Crippen molar-refractivity contribution in [2.45, 2.75) is 19.4 Å². The highest BCUT2D eigenvalue weighted by molar-refractivity contribution is 5.94. The molecule has 108 valence electrons. The summed E-state index contributed by atoms with van der Waals surface area (Å²) in [5.41, 5.74) is 3.10. The average molecular weight is 283 g/mol. The molecule has 0 unspecified atom stereocenters. The van der Waals surface area contributed by atoms with Gasteiger partial charge >= 0.3 is 0 Å². The number of hydrogen-bond acceptors (Lipinski definition) is 3. The third-order valence-electron chi connectivity index (χ3n) is 3.40. The first kappa shape index (κ1) is 13.6. The molecule has 1 aliphatic heterocycles. The Hall–Kier alpha value is -2.33. The maximum absolute atomic E-state index is 11.4. The van der Waals surface area contributed by atoms with E-state index in [2.05, 4.69) is 5.32 Å². The lowest BCUT2D eigenvalue weighted by Gasteiger charge is -2.17. The highest BCUT2D eigenvalue weighted by Crippen LogP contribution is 2.27. The van der Waals surface area contributed by atoms with E-state index in [4.69, 9.17) is 9.47 Å². The Labute approximate surface area is 123 Å². The maximum atomic E-state index is 11.4. The first-order valence-electron chi connectivity index (χ1n) is 6.98. The van der Waals surface area contributed by atoms with E-state index in [9.17, 15) is 4.79 Å². The SMILES string of the molecule is O=C1CCc2ccc(OCOCc3ccccc3)cc2N1. The minimum absolute atomic E-state index is 0.0555. The lowest BCUT2D eigenvalue weighted by molar-refractivity contribution is -0.116. The summed E-state index contributed by atoms with van der Waals surface area (Å²) < 4.78 is 11.0. The van der Waals surface area contributed by atoms with Crippen LogP contribution in [0.2, 0.25) is 0 Å². The van der Waals surface area contributed by atoms with E-state index in [-0.39, 0.29) is 12.7 Å². The van der Waals surface area contributed by atoms with Crippen molar-refractivity contribution in [3.05, 3.63) is 59.7 Å². The van der Waals surface area contributed by atoms with Crippen LogP contribution in [-0.4, -0.2) is 12.7 Å². The van der Waals surface area contributed by atoms with E-state index in [0.717, 1.165) is 23.2 Å². The van der Waals surface area contributed by atoms with Gasteiger partial charge in [-0.25, -0.2) is 0 Å².